The molecule has 1 aliphatic rings. The van der Waals surface area contributed by atoms with Crippen LogP contribution >= 0.6 is 0 Å². The smallest absolute Gasteiger partial charge is 0.241 e. The number of benzene rings is 2. The maximum absolute atomic E-state index is 13.3. The Morgan fingerprint density at radius 3 is 2.22 bits per heavy atom. The number of morpholine rings is 1. The highest BCUT2D eigenvalue weighted by Crippen LogP contribution is 2.25. The maximum atomic E-state index is 13.3. The van der Waals surface area contributed by atoms with E-state index < -0.39 is 10.0 Å². The van der Waals surface area contributed by atoms with E-state index in [9.17, 15) is 8.42 Å². The third-order valence-electron chi connectivity index (χ3n) is 4.92. The number of nitrogens with one attached hydrogen (secondary N) is 1. The molecule has 5 nitrogen and oxygen atoms in total. The van der Waals surface area contributed by atoms with Crippen LogP contribution in [0.1, 0.15) is 28.3 Å². The van der Waals surface area contributed by atoms with Gasteiger partial charge >= 0.3 is 0 Å². The molecule has 1 aliphatic heterocycles. The molecule has 6 heteroatoms. The Hall–Kier alpha value is -1.73. The molecule has 2 aromatic rings. The van der Waals surface area contributed by atoms with Crippen LogP contribution in [0.25, 0.3) is 0 Å². The fourth-order valence-electron chi connectivity index (χ4n) is 3.77. The van der Waals surface area contributed by atoms with E-state index in [1.807, 2.05) is 63.2 Å². The van der Waals surface area contributed by atoms with E-state index in [2.05, 4.69) is 9.62 Å². The number of ether oxygens (including phenoxy) is 1. The Bertz CT molecular complexity index is 853. The average Bonchev–Trinajstić information content (AvgIpc) is 2.61. The first-order valence-electron chi connectivity index (χ1n) is 9.32. The SMILES string of the molecule is Cc1cc(C)c(S(=O)(=O)N[C@H](CN2CCOCC2)c2ccccc2)c(C)c1. The van der Waals surface area contributed by atoms with Crippen molar-refractivity contribution in [3.05, 3.63) is 64.7 Å². The minimum atomic E-state index is -3.64. The average molecular weight is 389 g/mol. The highest BCUT2D eigenvalue weighted by atomic mass is 32.2. The summed E-state index contributed by atoms with van der Waals surface area (Å²) < 4.78 is 34.9. The van der Waals surface area contributed by atoms with Crippen molar-refractivity contribution in [1.82, 2.24) is 9.62 Å². The van der Waals surface area contributed by atoms with Gasteiger partial charge in [-0.05, 0) is 37.5 Å². The van der Waals surface area contributed by atoms with Gasteiger partial charge in [0.05, 0.1) is 24.2 Å². The monoisotopic (exact) mass is 388 g/mol. The Morgan fingerprint density at radius 2 is 1.63 bits per heavy atom. The van der Waals surface area contributed by atoms with Crippen molar-refractivity contribution in [3.63, 3.8) is 0 Å². The quantitative estimate of drug-likeness (QED) is 0.827. The van der Waals surface area contributed by atoms with E-state index in [1.165, 1.54) is 0 Å². The maximum Gasteiger partial charge on any atom is 0.241 e. The third kappa shape index (κ3) is 4.96. The molecule has 0 aromatic heterocycles. The minimum Gasteiger partial charge on any atom is -0.379 e. The molecule has 0 saturated carbocycles. The first-order chi connectivity index (χ1) is 12.9. The van der Waals surface area contributed by atoms with E-state index >= 15 is 0 Å². The molecule has 0 bridgehead atoms. The third-order valence-corrected chi connectivity index (χ3v) is 6.69. The second-order valence-corrected chi connectivity index (χ2v) is 8.88. The summed E-state index contributed by atoms with van der Waals surface area (Å²) in [6, 6.07) is 13.3. The zero-order valence-electron chi connectivity index (χ0n) is 16.2. The van der Waals surface area contributed by atoms with Crippen molar-refractivity contribution in [2.75, 3.05) is 32.8 Å². The second-order valence-electron chi connectivity index (χ2n) is 7.23. The van der Waals surface area contributed by atoms with E-state index in [1.54, 1.807) is 0 Å². The molecule has 1 heterocycles. The van der Waals surface area contributed by atoms with Gasteiger partial charge < -0.3 is 4.74 Å². The van der Waals surface area contributed by atoms with Crippen LogP contribution in [-0.4, -0.2) is 46.2 Å². The Morgan fingerprint density at radius 1 is 1.04 bits per heavy atom. The Balaban J connectivity index is 1.91. The molecule has 146 valence electrons. The molecular formula is C21H28N2O3S. The van der Waals surface area contributed by atoms with Crippen molar-refractivity contribution >= 4 is 10.0 Å². The van der Waals surface area contributed by atoms with Gasteiger partial charge in [0.2, 0.25) is 10.0 Å². The van der Waals surface area contributed by atoms with Crippen molar-refractivity contribution in [2.45, 2.75) is 31.7 Å². The summed E-state index contributed by atoms with van der Waals surface area (Å²) in [5.41, 5.74) is 3.59. The van der Waals surface area contributed by atoms with E-state index in [0.717, 1.165) is 35.3 Å². The first kappa shape index (κ1) is 20.0. The molecule has 0 unspecified atom stereocenters. The Labute approximate surface area is 162 Å². The highest BCUT2D eigenvalue weighted by Gasteiger charge is 2.26. The number of nitrogens with zero attached hydrogens (tertiary/aromatic N) is 1. The summed E-state index contributed by atoms with van der Waals surface area (Å²) in [5, 5.41) is 0. The number of hydrogen-bond acceptors (Lipinski definition) is 4. The van der Waals surface area contributed by atoms with Gasteiger partial charge in [-0.15, -0.1) is 0 Å². The van der Waals surface area contributed by atoms with Crippen molar-refractivity contribution < 1.29 is 13.2 Å². The fourth-order valence-corrected chi connectivity index (χ4v) is 5.44. The summed E-state index contributed by atoms with van der Waals surface area (Å²) >= 11 is 0. The second kappa shape index (κ2) is 8.52. The van der Waals surface area contributed by atoms with Crippen LogP contribution in [0.2, 0.25) is 0 Å². The lowest BCUT2D eigenvalue weighted by atomic mass is 10.1. The number of sulfonamides is 1. The van der Waals surface area contributed by atoms with Crippen LogP contribution in [0.3, 0.4) is 0 Å². The van der Waals surface area contributed by atoms with Gasteiger partial charge in [-0.25, -0.2) is 13.1 Å². The van der Waals surface area contributed by atoms with Crippen LogP contribution in [0.4, 0.5) is 0 Å². The molecule has 1 atom stereocenters. The molecule has 1 fully saturated rings. The molecule has 1 N–H and O–H groups in total. The van der Waals surface area contributed by atoms with Gasteiger partial charge in [-0.3, -0.25) is 4.90 Å². The van der Waals surface area contributed by atoms with E-state index in [4.69, 9.17) is 4.74 Å². The topological polar surface area (TPSA) is 58.6 Å². The normalized spacial score (nSPS) is 17.0. The molecule has 27 heavy (non-hydrogen) atoms. The van der Waals surface area contributed by atoms with Crippen molar-refractivity contribution in [1.29, 1.82) is 0 Å². The van der Waals surface area contributed by atoms with Crippen LogP contribution in [0, 0.1) is 20.8 Å². The number of rotatable bonds is 6. The summed E-state index contributed by atoms with van der Waals surface area (Å²) in [6.07, 6.45) is 0. The molecule has 0 amide bonds. The lowest BCUT2D eigenvalue weighted by Gasteiger charge is -2.31. The number of aryl methyl sites for hydroxylation is 3. The van der Waals surface area contributed by atoms with Gasteiger partial charge in [0, 0.05) is 19.6 Å². The summed E-state index contributed by atoms with van der Waals surface area (Å²) in [7, 11) is -3.64. The minimum absolute atomic E-state index is 0.311. The molecule has 0 spiro atoms. The summed E-state index contributed by atoms with van der Waals surface area (Å²) in [6.45, 7) is 9.31. The van der Waals surface area contributed by atoms with Crippen LogP contribution in [0.15, 0.2) is 47.4 Å². The largest absolute Gasteiger partial charge is 0.379 e. The summed E-state index contributed by atoms with van der Waals surface area (Å²) in [4.78, 5) is 2.63. The Kier molecular flexibility index (Phi) is 6.32. The number of hydrogen-bond donors (Lipinski definition) is 1. The summed E-state index contributed by atoms with van der Waals surface area (Å²) in [5.74, 6) is 0. The van der Waals surface area contributed by atoms with Crippen molar-refractivity contribution in [2.24, 2.45) is 0 Å². The molecule has 2 aromatic carbocycles. The van der Waals surface area contributed by atoms with Crippen LogP contribution in [-0.2, 0) is 14.8 Å². The van der Waals surface area contributed by atoms with Gasteiger partial charge in [0.1, 0.15) is 0 Å². The van der Waals surface area contributed by atoms with E-state index in [-0.39, 0.29) is 6.04 Å². The predicted octanol–water partition coefficient (Wildman–Crippen LogP) is 2.96. The van der Waals surface area contributed by atoms with Gasteiger partial charge in [-0.1, -0.05) is 48.0 Å². The van der Waals surface area contributed by atoms with Gasteiger partial charge in [-0.2, -0.15) is 0 Å². The van der Waals surface area contributed by atoms with Gasteiger partial charge in [0.15, 0.2) is 0 Å². The molecule has 0 aliphatic carbocycles. The molecular weight excluding hydrogens is 360 g/mol. The first-order valence-corrected chi connectivity index (χ1v) is 10.8. The molecule has 3 rings (SSSR count). The van der Waals surface area contributed by atoms with Gasteiger partial charge in [0.25, 0.3) is 0 Å². The lowest BCUT2D eigenvalue weighted by molar-refractivity contribution is 0.0345. The zero-order valence-corrected chi connectivity index (χ0v) is 17.1. The zero-order chi connectivity index (χ0) is 19.4. The predicted molar refractivity (Wildman–Crippen MR) is 107 cm³/mol. The van der Waals surface area contributed by atoms with Crippen LogP contribution < -0.4 is 4.72 Å². The highest BCUT2D eigenvalue weighted by molar-refractivity contribution is 7.89. The molecule has 0 radical (unpaired) electrons. The molecule has 1 saturated heterocycles. The van der Waals surface area contributed by atoms with E-state index in [0.29, 0.717) is 24.7 Å². The standard InChI is InChI=1S/C21H28N2O3S/c1-16-13-17(2)21(18(3)14-16)27(24,25)22-20(19-7-5-4-6-8-19)15-23-9-11-26-12-10-23/h4-8,13-14,20,22H,9-12,15H2,1-3H3/t20-/m1/s1. The van der Waals surface area contributed by atoms with Crippen LogP contribution in [0.5, 0.6) is 0 Å². The lowest BCUT2D eigenvalue weighted by Crippen LogP contribution is -2.43. The van der Waals surface area contributed by atoms with Crippen molar-refractivity contribution in [3.8, 4) is 0 Å². The fraction of sp³-hybridized carbons (Fsp3) is 0.429.